The van der Waals surface area contributed by atoms with Crippen LogP contribution >= 0.6 is 23.2 Å². The molecule has 0 spiro atoms. The van der Waals surface area contributed by atoms with Crippen molar-refractivity contribution in [3.8, 4) is 0 Å². The molecule has 0 bridgehead atoms. The van der Waals surface area contributed by atoms with Crippen LogP contribution in [0.1, 0.15) is 18.5 Å². The van der Waals surface area contributed by atoms with E-state index in [1.165, 1.54) is 6.07 Å². The van der Waals surface area contributed by atoms with Gasteiger partial charge in [-0.2, -0.15) is 0 Å². The van der Waals surface area contributed by atoms with Gasteiger partial charge < -0.3 is 5.32 Å². The van der Waals surface area contributed by atoms with Crippen molar-refractivity contribution >= 4 is 28.9 Å². The molecule has 94 valence electrons. The molecule has 2 rings (SSSR count). The van der Waals surface area contributed by atoms with E-state index in [2.05, 4.69) is 10.3 Å². The third-order valence-electron chi connectivity index (χ3n) is 2.55. The van der Waals surface area contributed by atoms with Gasteiger partial charge >= 0.3 is 0 Å². The Hall–Kier alpha value is -1.32. The number of aromatic nitrogens is 1. The molecule has 2 nitrogen and oxygen atoms in total. The summed E-state index contributed by atoms with van der Waals surface area (Å²) in [5.74, 6) is -0.416. The lowest BCUT2D eigenvalue weighted by Crippen LogP contribution is -2.06. The van der Waals surface area contributed by atoms with E-state index >= 15 is 0 Å². The Kier molecular flexibility index (Phi) is 4.04. The van der Waals surface area contributed by atoms with E-state index in [0.29, 0.717) is 5.15 Å². The minimum absolute atomic E-state index is 0.00826. The number of nitrogens with zero attached hydrogens (tertiary/aromatic N) is 1. The first-order chi connectivity index (χ1) is 8.56. The first-order valence-corrected chi connectivity index (χ1v) is 6.15. The second kappa shape index (κ2) is 5.55. The molecule has 0 radical (unpaired) electrons. The third kappa shape index (κ3) is 3.12. The van der Waals surface area contributed by atoms with Crippen molar-refractivity contribution in [1.29, 1.82) is 0 Å². The Labute approximate surface area is 115 Å². The maximum absolute atomic E-state index is 13.1. The van der Waals surface area contributed by atoms with Crippen LogP contribution in [0.4, 0.5) is 10.1 Å². The summed E-state index contributed by atoms with van der Waals surface area (Å²) in [5.41, 5.74) is 1.74. The molecule has 0 saturated heterocycles. The summed E-state index contributed by atoms with van der Waals surface area (Å²) >= 11 is 11.5. The third-order valence-corrected chi connectivity index (χ3v) is 3.07. The number of halogens is 3. The Balaban J connectivity index is 2.13. The number of hydrogen-bond donors (Lipinski definition) is 1. The molecule has 1 heterocycles. The average molecular weight is 285 g/mol. The minimum Gasteiger partial charge on any atom is -0.377 e. The summed E-state index contributed by atoms with van der Waals surface area (Å²) in [5, 5.41) is 3.79. The lowest BCUT2D eigenvalue weighted by atomic mass is 10.1. The highest BCUT2D eigenvalue weighted by Gasteiger charge is 2.08. The van der Waals surface area contributed by atoms with Crippen LogP contribution < -0.4 is 5.32 Å². The zero-order valence-corrected chi connectivity index (χ0v) is 11.1. The number of nitrogens with one attached hydrogen (secondary N) is 1. The lowest BCUT2D eigenvalue weighted by molar-refractivity contribution is 0.627. The molecule has 1 N–H and O–H groups in total. The van der Waals surface area contributed by atoms with Crippen molar-refractivity contribution in [3.63, 3.8) is 0 Å². The van der Waals surface area contributed by atoms with Gasteiger partial charge in [-0.3, -0.25) is 0 Å². The molecule has 0 fully saturated rings. The van der Waals surface area contributed by atoms with E-state index in [1.807, 2.05) is 13.0 Å². The van der Waals surface area contributed by atoms with Gasteiger partial charge in [0.15, 0.2) is 0 Å². The normalized spacial score (nSPS) is 12.2. The van der Waals surface area contributed by atoms with Crippen LogP contribution in [0.3, 0.4) is 0 Å². The topological polar surface area (TPSA) is 24.9 Å². The largest absolute Gasteiger partial charge is 0.377 e. The van der Waals surface area contributed by atoms with E-state index in [-0.39, 0.29) is 11.1 Å². The molecule has 0 amide bonds. The van der Waals surface area contributed by atoms with Crippen LogP contribution in [0.15, 0.2) is 36.5 Å². The monoisotopic (exact) mass is 284 g/mol. The quantitative estimate of drug-likeness (QED) is 0.827. The van der Waals surface area contributed by atoms with Crippen LogP contribution in [0.5, 0.6) is 0 Å². The van der Waals surface area contributed by atoms with Gasteiger partial charge in [-0.1, -0.05) is 29.3 Å². The van der Waals surface area contributed by atoms with Crippen LogP contribution in [-0.4, -0.2) is 4.98 Å². The highest BCUT2D eigenvalue weighted by molar-refractivity contribution is 6.30. The van der Waals surface area contributed by atoms with Crippen LogP contribution in [0, 0.1) is 5.82 Å². The first-order valence-electron chi connectivity index (χ1n) is 5.39. The molecular weight excluding hydrogens is 274 g/mol. The summed E-state index contributed by atoms with van der Waals surface area (Å²) < 4.78 is 13.1. The molecular formula is C13H11Cl2FN2. The molecule has 0 saturated carbocycles. The van der Waals surface area contributed by atoms with E-state index in [0.717, 1.165) is 11.3 Å². The number of benzene rings is 1. The van der Waals surface area contributed by atoms with Gasteiger partial charge in [0, 0.05) is 6.04 Å². The Morgan fingerprint density at radius 3 is 2.61 bits per heavy atom. The lowest BCUT2D eigenvalue weighted by Gasteiger charge is -2.15. The number of pyridine rings is 1. The maximum Gasteiger partial charge on any atom is 0.141 e. The number of rotatable bonds is 3. The highest BCUT2D eigenvalue weighted by atomic mass is 35.5. The van der Waals surface area contributed by atoms with Crippen molar-refractivity contribution in [2.24, 2.45) is 0 Å². The first kappa shape index (κ1) is 13.1. The zero-order chi connectivity index (χ0) is 13.1. The van der Waals surface area contributed by atoms with Gasteiger partial charge in [-0.15, -0.1) is 0 Å². The fourth-order valence-electron chi connectivity index (χ4n) is 1.58. The van der Waals surface area contributed by atoms with Gasteiger partial charge in [0.1, 0.15) is 11.0 Å². The predicted molar refractivity (Wildman–Crippen MR) is 72.7 cm³/mol. The van der Waals surface area contributed by atoms with E-state index in [9.17, 15) is 4.39 Å². The van der Waals surface area contributed by atoms with Crippen molar-refractivity contribution in [1.82, 2.24) is 4.98 Å². The number of hydrogen-bond acceptors (Lipinski definition) is 2. The maximum atomic E-state index is 13.1. The van der Waals surface area contributed by atoms with Crippen LogP contribution in [0.2, 0.25) is 10.2 Å². The van der Waals surface area contributed by atoms with Crippen molar-refractivity contribution in [2.75, 3.05) is 5.32 Å². The molecule has 1 unspecified atom stereocenters. The zero-order valence-electron chi connectivity index (χ0n) is 9.62. The molecule has 5 heteroatoms. The molecule has 1 aromatic carbocycles. The molecule has 2 aromatic rings. The minimum atomic E-state index is -0.416. The summed E-state index contributed by atoms with van der Waals surface area (Å²) in [6.45, 7) is 1.96. The van der Waals surface area contributed by atoms with E-state index in [4.69, 9.17) is 23.2 Å². The van der Waals surface area contributed by atoms with E-state index < -0.39 is 5.82 Å². The average Bonchev–Trinajstić information content (AvgIpc) is 2.35. The van der Waals surface area contributed by atoms with Gasteiger partial charge in [-0.25, -0.2) is 9.37 Å². The summed E-state index contributed by atoms with van der Waals surface area (Å²) in [6, 6.07) is 8.19. The molecule has 0 aliphatic heterocycles. The second-order valence-electron chi connectivity index (χ2n) is 3.91. The fourth-order valence-corrected chi connectivity index (χ4v) is 1.88. The van der Waals surface area contributed by atoms with Gasteiger partial charge in [0.2, 0.25) is 0 Å². The van der Waals surface area contributed by atoms with Gasteiger partial charge in [0.05, 0.1) is 16.9 Å². The molecule has 1 atom stereocenters. The molecule has 1 aromatic heterocycles. The molecule has 18 heavy (non-hydrogen) atoms. The van der Waals surface area contributed by atoms with Crippen LogP contribution in [0.25, 0.3) is 0 Å². The van der Waals surface area contributed by atoms with Gasteiger partial charge in [-0.05, 0) is 36.8 Å². The SMILES string of the molecule is CC(Nc1ccc(Cl)nc1)c1ccc(F)c(Cl)c1. The molecule has 0 aliphatic carbocycles. The Bertz CT molecular complexity index is 543. The summed E-state index contributed by atoms with van der Waals surface area (Å²) in [7, 11) is 0. The summed E-state index contributed by atoms with van der Waals surface area (Å²) in [4.78, 5) is 3.97. The fraction of sp³-hybridized carbons (Fsp3) is 0.154. The van der Waals surface area contributed by atoms with E-state index in [1.54, 1.807) is 24.4 Å². The Morgan fingerprint density at radius 1 is 1.22 bits per heavy atom. The van der Waals surface area contributed by atoms with Crippen LogP contribution in [-0.2, 0) is 0 Å². The molecule has 0 aliphatic rings. The predicted octanol–water partition coefficient (Wildman–Crippen LogP) is 4.70. The Morgan fingerprint density at radius 2 is 2.00 bits per heavy atom. The highest BCUT2D eigenvalue weighted by Crippen LogP contribution is 2.23. The second-order valence-corrected chi connectivity index (χ2v) is 4.70. The standard InChI is InChI=1S/C13H11Cl2FN2/c1-8(9-2-4-12(16)11(14)6-9)18-10-3-5-13(15)17-7-10/h2-8,18H,1H3. The van der Waals surface area contributed by atoms with Crippen molar-refractivity contribution < 1.29 is 4.39 Å². The summed E-state index contributed by atoms with van der Waals surface area (Å²) in [6.07, 6.45) is 1.64. The smallest absolute Gasteiger partial charge is 0.141 e. The van der Waals surface area contributed by atoms with Gasteiger partial charge in [0.25, 0.3) is 0 Å². The number of anilines is 1. The van der Waals surface area contributed by atoms with Crippen molar-refractivity contribution in [2.45, 2.75) is 13.0 Å². The van der Waals surface area contributed by atoms with Crippen molar-refractivity contribution in [3.05, 3.63) is 58.1 Å².